The van der Waals surface area contributed by atoms with Crippen LogP contribution in [0.15, 0.2) is 29.2 Å². The molecule has 1 amide bonds. The molecule has 2 N–H and O–H groups in total. The lowest BCUT2D eigenvalue weighted by Gasteiger charge is -2.28. The van der Waals surface area contributed by atoms with Crippen LogP contribution in [0, 0.1) is 6.92 Å². The van der Waals surface area contributed by atoms with Crippen LogP contribution in [-0.2, 0) is 4.79 Å². The highest BCUT2D eigenvalue weighted by Crippen LogP contribution is 2.19. The summed E-state index contributed by atoms with van der Waals surface area (Å²) in [5.41, 5.74) is 0.912. The van der Waals surface area contributed by atoms with Crippen LogP contribution in [0.25, 0.3) is 0 Å². The summed E-state index contributed by atoms with van der Waals surface area (Å²) in [7, 11) is 0. The largest absolute Gasteiger partial charge is 0.396 e. The number of carbonyl (C=O) groups excluding carboxylic acids is 1. The summed E-state index contributed by atoms with van der Waals surface area (Å²) in [6.07, 6.45) is 1.40. The summed E-state index contributed by atoms with van der Waals surface area (Å²) >= 11 is 1.53. The Morgan fingerprint density at radius 2 is 2.00 bits per heavy atom. The maximum atomic E-state index is 11.9. The maximum absolute atomic E-state index is 11.9. The van der Waals surface area contributed by atoms with E-state index in [9.17, 15) is 4.79 Å². The number of aliphatic hydroxyl groups excluding tert-OH is 1. The smallest absolute Gasteiger partial charge is 0.230 e. The van der Waals surface area contributed by atoms with Gasteiger partial charge >= 0.3 is 0 Å². The summed E-state index contributed by atoms with van der Waals surface area (Å²) in [6, 6.07) is 8.14. The predicted octanol–water partition coefficient (Wildman–Crippen LogP) is 2.75. The molecule has 4 heteroatoms. The molecular formula is C15H23NO2S. The van der Waals surface area contributed by atoms with E-state index in [1.54, 1.807) is 0 Å². The normalized spacial score (nSPS) is 13.9. The summed E-state index contributed by atoms with van der Waals surface area (Å²) in [5.74, 6) is 0.424. The van der Waals surface area contributed by atoms with Crippen molar-refractivity contribution in [3.63, 3.8) is 0 Å². The number of hydrogen-bond donors (Lipinski definition) is 2. The minimum atomic E-state index is -0.306. The van der Waals surface area contributed by atoms with Gasteiger partial charge < -0.3 is 10.4 Å². The van der Waals surface area contributed by atoms with Crippen molar-refractivity contribution >= 4 is 17.7 Å². The number of carbonyl (C=O) groups is 1. The van der Waals surface area contributed by atoms with Crippen LogP contribution >= 0.6 is 11.8 Å². The van der Waals surface area contributed by atoms with Gasteiger partial charge in [-0.15, -0.1) is 11.8 Å². The standard InChI is InChI=1S/C15H23NO2S/c1-4-15(3,9-10-17)16-14(18)11-19-13-7-5-12(2)6-8-13/h5-8,17H,4,9-11H2,1-3H3,(H,16,18). The SMILES string of the molecule is CCC(C)(CCO)NC(=O)CSc1ccc(C)cc1. The van der Waals surface area contributed by atoms with E-state index >= 15 is 0 Å². The number of hydrogen-bond acceptors (Lipinski definition) is 3. The van der Waals surface area contributed by atoms with E-state index < -0.39 is 0 Å². The van der Waals surface area contributed by atoms with E-state index in [0.29, 0.717) is 12.2 Å². The molecule has 1 aromatic carbocycles. The van der Waals surface area contributed by atoms with Crippen LogP contribution in [0.4, 0.5) is 0 Å². The van der Waals surface area contributed by atoms with Crippen molar-refractivity contribution in [2.45, 2.75) is 44.0 Å². The highest BCUT2D eigenvalue weighted by atomic mass is 32.2. The minimum Gasteiger partial charge on any atom is -0.396 e. The molecule has 1 unspecified atom stereocenters. The van der Waals surface area contributed by atoms with Gasteiger partial charge in [0.15, 0.2) is 0 Å². The Bertz CT molecular complexity index is 405. The molecule has 1 atom stereocenters. The number of nitrogens with one attached hydrogen (secondary N) is 1. The van der Waals surface area contributed by atoms with E-state index in [4.69, 9.17) is 5.11 Å². The molecule has 3 nitrogen and oxygen atoms in total. The van der Waals surface area contributed by atoms with Gasteiger partial charge in [-0.3, -0.25) is 4.79 Å². The molecule has 0 heterocycles. The van der Waals surface area contributed by atoms with Crippen molar-refractivity contribution < 1.29 is 9.90 Å². The molecular weight excluding hydrogens is 258 g/mol. The van der Waals surface area contributed by atoms with Crippen LogP contribution < -0.4 is 5.32 Å². The molecule has 0 bridgehead atoms. The Morgan fingerprint density at radius 1 is 1.37 bits per heavy atom. The van der Waals surface area contributed by atoms with E-state index in [1.807, 2.05) is 45.0 Å². The second kappa shape index (κ2) is 7.56. The van der Waals surface area contributed by atoms with Gasteiger partial charge in [0.2, 0.25) is 5.91 Å². The quantitative estimate of drug-likeness (QED) is 0.756. The first-order valence-corrected chi connectivity index (χ1v) is 7.59. The average Bonchev–Trinajstić information content (AvgIpc) is 2.38. The van der Waals surface area contributed by atoms with Gasteiger partial charge in [0, 0.05) is 17.0 Å². The van der Waals surface area contributed by atoms with Gasteiger partial charge in [-0.05, 0) is 38.8 Å². The molecule has 1 rings (SSSR count). The fraction of sp³-hybridized carbons (Fsp3) is 0.533. The van der Waals surface area contributed by atoms with Crippen LogP contribution in [0.1, 0.15) is 32.3 Å². The molecule has 0 fully saturated rings. The van der Waals surface area contributed by atoms with Gasteiger partial charge in [-0.1, -0.05) is 24.6 Å². The number of aryl methyl sites for hydroxylation is 1. The lowest BCUT2D eigenvalue weighted by Crippen LogP contribution is -2.46. The Morgan fingerprint density at radius 3 is 2.53 bits per heavy atom. The first-order valence-electron chi connectivity index (χ1n) is 6.60. The Kier molecular flexibility index (Phi) is 6.38. The van der Waals surface area contributed by atoms with Crippen LogP contribution in [0.5, 0.6) is 0 Å². The zero-order chi connectivity index (χ0) is 14.3. The third-order valence-corrected chi connectivity index (χ3v) is 4.29. The number of rotatable bonds is 7. The first kappa shape index (κ1) is 16.1. The molecule has 0 aromatic heterocycles. The second-order valence-electron chi connectivity index (χ2n) is 5.04. The summed E-state index contributed by atoms with van der Waals surface area (Å²) < 4.78 is 0. The van der Waals surface area contributed by atoms with Crippen molar-refractivity contribution in [1.29, 1.82) is 0 Å². The zero-order valence-corrected chi connectivity index (χ0v) is 12.7. The Balaban J connectivity index is 2.45. The third kappa shape index (κ3) is 5.66. The molecule has 19 heavy (non-hydrogen) atoms. The van der Waals surface area contributed by atoms with E-state index in [1.165, 1.54) is 17.3 Å². The number of thioether (sulfide) groups is 1. The molecule has 0 radical (unpaired) electrons. The van der Waals surface area contributed by atoms with E-state index in [-0.39, 0.29) is 18.1 Å². The van der Waals surface area contributed by atoms with Crippen LogP contribution in [-0.4, -0.2) is 28.9 Å². The molecule has 0 spiro atoms. The second-order valence-corrected chi connectivity index (χ2v) is 6.09. The summed E-state index contributed by atoms with van der Waals surface area (Å²) in [5, 5.41) is 12.0. The fourth-order valence-corrected chi connectivity index (χ4v) is 2.43. The zero-order valence-electron chi connectivity index (χ0n) is 11.9. The molecule has 0 saturated heterocycles. The molecule has 0 saturated carbocycles. The lowest BCUT2D eigenvalue weighted by atomic mass is 9.95. The fourth-order valence-electron chi connectivity index (χ4n) is 1.73. The average molecular weight is 281 g/mol. The van der Waals surface area contributed by atoms with Crippen molar-refractivity contribution in [1.82, 2.24) is 5.32 Å². The number of amides is 1. The van der Waals surface area contributed by atoms with Crippen molar-refractivity contribution in [2.75, 3.05) is 12.4 Å². The molecule has 0 aliphatic carbocycles. The Hall–Kier alpha value is -1.00. The molecule has 1 aromatic rings. The topological polar surface area (TPSA) is 49.3 Å². The van der Waals surface area contributed by atoms with Gasteiger partial charge in [0.1, 0.15) is 0 Å². The van der Waals surface area contributed by atoms with Crippen molar-refractivity contribution in [3.05, 3.63) is 29.8 Å². The summed E-state index contributed by atoms with van der Waals surface area (Å²) in [4.78, 5) is 13.0. The van der Waals surface area contributed by atoms with Gasteiger partial charge in [-0.25, -0.2) is 0 Å². The predicted molar refractivity (Wildman–Crippen MR) is 80.4 cm³/mol. The van der Waals surface area contributed by atoms with Gasteiger partial charge in [0.25, 0.3) is 0 Å². The van der Waals surface area contributed by atoms with Crippen LogP contribution in [0.2, 0.25) is 0 Å². The van der Waals surface area contributed by atoms with E-state index in [2.05, 4.69) is 5.32 Å². The monoisotopic (exact) mass is 281 g/mol. The minimum absolute atomic E-state index is 0.0170. The highest BCUT2D eigenvalue weighted by Gasteiger charge is 2.23. The van der Waals surface area contributed by atoms with Crippen LogP contribution in [0.3, 0.4) is 0 Å². The van der Waals surface area contributed by atoms with Crippen molar-refractivity contribution in [3.8, 4) is 0 Å². The summed E-state index contributed by atoms with van der Waals surface area (Å²) in [6.45, 7) is 6.12. The van der Waals surface area contributed by atoms with Crippen molar-refractivity contribution in [2.24, 2.45) is 0 Å². The molecule has 0 aliphatic heterocycles. The maximum Gasteiger partial charge on any atom is 0.230 e. The Labute approximate surface area is 119 Å². The first-order chi connectivity index (χ1) is 8.99. The lowest BCUT2D eigenvalue weighted by molar-refractivity contribution is -0.120. The molecule has 106 valence electrons. The third-order valence-electron chi connectivity index (χ3n) is 3.28. The highest BCUT2D eigenvalue weighted by molar-refractivity contribution is 8.00. The van der Waals surface area contributed by atoms with Gasteiger partial charge in [0.05, 0.1) is 5.75 Å². The van der Waals surface area contributed by atoms with E-state index in [0.717, 1.165) is 11.3 Å². The number of aliphatic hydroxyl groups is 1. The molecule has 0 aliphatic rings. The van der Waals surface area contributed by atoms with Gasteiger partial charge in [-0.2, -0.15) is 0 Å². The number of benzene rings is 1.